The van der Waals surface area contributed by atoms with Crippen molar-refractivity contribution in [3.63, 3.8) is 0 Å². The molecule has 1 aliphatic heterocycles. The molecule has 2 aliphatic rings. The minimum Gasteiger partial charge on any atom is -0.475 e. The number of aliphatic carboxylic acids is 1. The second-order valence-corrected chi connectivity index (χ2v) is 9.48. The molecule has 0 spiro atoms. The van der Waals surface area contributed by atoms with Crippen molar-refractivity contribution >= 4 is 17.5 Å². The molecule has 2 aromatic rings. The van der Waals surface area contributed by atoms with Crippen molar-refractivity contribution in [3.8, 4) is 0 Å². The van der Waals surface area contributed by atoms with E-state index in [1.54, 1.807) is 6.33 Å². The Morgan fingerprint density at radius 2 is 1.76 bits per heavy atom. The summed E-state index contributed by atoms with van der Waals surface area (Å²) in [6, 6.07) is 2.20. The van der Waals surface area contributed by atoms with E-state index in [1.165, 1.54) is 38.2 Å². The highest BCUT2D eigenvalue weighted by atomic mass is 19.4. The van der Waals surface area contributed by atoms with Gasteiger partial charge >= 0.3 is 12.1 Å². The second kappa shape index (κ2) is 10.7. The van der Waals surface area contributed by atoms with E-state index in [-0.39, 0.29) is 11.9 Å². The number of amides is 1. The fourth-order valence-electron chi connectivity index (χ4n) is 3.93. The highest BCUT2D eigenvalue weighted by molar-refractivity contribution is 5.98. The van der Waals surface area contributed by atoms with Gasteiger partial charge in [-0.1, -0.05) is 13.8 Å². The highest BCUT2D eigenvalue weighted by Gasteiger charge is 2.38. The lowest BCUT2D eigenvalue weighted by molar-refractivity contribution is -0.192. The molecule has 34 heavy (non-hydrogen) atoms. The molecular formula is C23H32F3N5O3. The molecule has 2 N–H and O–H groups in total. The maximum absolute atomic E-state index is 12.6. The van der Waals surface area contributed by atoms with Gasteiger partial charge in [-0.25, -0.2) is 14.8 Å². The van der Waals surface area contributed by atoms with Gasteiger partial charge in [0, 0.05) is 30.4 Å². The zero-order valence-corrected chi connectivity index (χ0v) is 19.7. The molecule has 0 aromatic carbocycles. The smallest absolute Gasteiger partial charge is 0.475 e. The summed E-state index contributed by atoms with van der Waals surface area (Å²) in [4.78, 5) is 33.0. The van der Waals surface area contributed by atoms with Gasteiger partial charge in [-0.05, 0) is 63.6 Å². The van der Waals surface area contributed by atoms with Gasteiger partial charge in [-0.3, -0.25) is 9.20 Å². The molecule has 11 heteroatoms. The topological polar surface area (TPSA) is 99.8 Å². The van der Waals surface area contributed by atoms with Crippen LogP contribution >= 0.6 is 0 Å². The molecule has 0 radical (unpaired) electrons. The van der Waals surface area contributed by atoms with Crippen molar-refractivity contribution < 1.29 is 27.9 Å². The van der Waals surface area contributed by atoms with Crippen LogP contribution in [0.4, 0.5) is 13.2 Å². The van der Waals surface area contributed by atoms with Crippen LogP contribution in [0.2, 0.25) is 0 Å². The molecule has 188 valence electrons. The molecule has 1 saturated heterocycles. The molecular weight excluding hydrogens is 451 g/mol. The maximum Gasteiger partial charge on any atom is 0.490 e. The second-order valence-electron chi connectivity index (χ2n) is 9.48. The molecule has 2 fully saturated rings. The van der Waals surface area contributed by atoms with E-state index in [0.29, 0.717) is 23.2 Å². The van der Waals surface area contributed by atoms with E-state index in [0.717, 1.165) is 18.8 Å². The molecule has 1 atom stereocenters. The third-order valence-corrected chi connectivity index (χ3v) is 6.50. The Morgan fingerprint density at radius 1 is 1.15 bits per heavy atom. The lowest BCUT2D eigenvalue weighted by atomic mass is 9.93. The minimum atomic E-state index is -5.08. The third-order valence-electron chi connectivity index (χ3n) is 6.50. The van der Waals surface area contributed by atoms with E-state index in [9.17, 15) is 18.0 Å². The van der Waals surface area contributed by atoms with Crippen molar-refractivity contribution in [3.05, 3.63) is 30.0 Å². The molecule has 1 amide bonds. The Balaban J connectivity index is 0.000000406. The number of fused-ring (bicyclic) bond motifs is 1. The summed E-state index contributed by atoms with van der Waals surface area (Å²) < 4.78 is 33.8. The van der Waals surface area contributed by atoms with Gasteiger partial charge in [0.25, 0.3) is 5.91 Å². The zero-order chi connectivity index (χ0) is 25.0. The van der Waals surface area contributed by atoms with Gasteiger partial charge in [-0.15, -0.1) is 0 Å². The van der Waals surface area contributed by atoms with Crippen LogP contribution in [0.15, 0.2) is 18.6 Å². The minimum absolute atomic E-state index is 0.105. The molecule has 0 bridgehead atoms. The number of halogens is 3. The summed E-state index contributed by atoms with van der Waals surface area (Å²) in [5.41, 5.74) is 2.33. The number of nitrogens with one attached hydrogen (secondary N) is 1. The van der Waals surface area contributed by atoms with Crippen LogP contribution in [0.1, 0.15) is 68.6 Å². The van der Waals surface area contributed by atoms with Gasteiger partial charge in [0.2, 0.25) is 0 Å². The van der Waals surface area contributed by atoms with Crippen molar-refractivity contribution in [2.24, 2.45) is 11.8 Å². The first-order chi connectivity index (χ1) is 16.0. The highest BCUT2D eigenvalue weighted by Crippen LogP contribution is 2.33. The maximum atomic E-state index is 12.6. The number of carboxylic acids is 1. The number of carbonyl (C=O) groups is 2. The summed E-state index contributed by atoms with van der Waals surface area (Å²) in [5, 5.41) is 10.2. The van der Waals surface area contributed by atoms with E-state index >= 15 is 0 Å². The summed E-state index contributed by atoms with van der Waals surface area (Å²) in [6.45, 7) is 9.83. The number of imidazole rings is 1. The van der Waals surface area contributed by atoms with Gasteiger partial charge in [0.1, 0.15) is 6.33 Å². The van der Waals surface area contributed by atoms with E-state index < -0.39 is 12.1 Å². The van der Waals surface area contributed by atoms with Gasteiger partial charge in [0.15, 0.2) is 11.3 Å². The predicted molar refractivity (Wildman–Crippen MR) is 120 cm³/mol. The number of likely N-dealkylation sites (tertiary alicyclic amines) is 1. The quantitative estimate of drug-likeness (QED) is 0.650. The van der Waals surface area contributed by atoms with E-state index in [2.05, 4.69) is 40.1 Å². The Labute approximate surface area is 196 Å². The Morgan fingerprint density at radius 3 is 2.29 bits per heavy atom. The lowest BCUT2D eigenvalue weighted by Crippen LogP contribution is -2.36. The first kappa shape index (κ1) is 25.9. The van der Waals surface area contributed by atoms with Crippen LogP contribution in [0.3, 0.4) is 0 Å². The number of nitrogens with zero attached hydrogens (tertiary/aromatic N) is 4. The molecule has 2 aromatic heterocycles. The predicted octanol–water partition coefficient (Wildman–Crippen LogP) is 3.73. The fraction of sp³-hybridized carbons (Fsp3) is 0.652. The number of carbonyl (C=O) groups excluding carboxylic acids is 1. The molecule has 1 saturated carbocycles. The third kappa shape index (κ3) is 6.68. The number of piperidine rings is 1. The van der Waals surface area contributed by atoms with Crippen molar-refractivity contribution in [1.82, 2.24) is 24.6 Å². The Bertz CT molecular complexity index is 995. The van der Waals surface area contributed by atoms with Crippen LogP contribution in [0.5, 0.6) is 0 Å². The van der Waals surface area contributed by atoms with Crippen molar-refractivity contribution in [2.75, 3.05) is 19.6 Å². The van der Waals surface area contributed by atoms with Crippen LogP contribution in [0.25, 0.3) is 5.65 Å². The summed E-state index contributed by atoms with van der Waals surface area (Å²) in [6.07, 6.45) is 3.67. The molecule has 8 nitrogen and oxygen atoms in total. The van der Waals surface area contributed by atoms with Crippen LogP contribution in [-0.4, -0.2) is 68.1 Å². The van der Waals surface area contributed by atoms with Gasteiger partial charge in [0.05, 0.1) is 0 Å². The number of carboxylic acid groups (broad SMARTS) is 1. The average Bonchev–Trinajstić information content (AvgIpc) is 3.48. The van der Waals surface area contributed by atoms with Crippen LogP contribution in [-0.2, 0) is 4.79 Å². The van der Waals surface area contributed by atoms with E-state index in [1.807, 2.05) is 17.5 Å². The van der Waals surface area contributed by atoms with Gasteiger partial charge < -0.3 is 15.3 Å². The standard InChI is InChI=1S/C21H31N5O.C2HF3O2/c1-14(2)15(3)24-21(27)19-20-22-9-6-18(26(20)13-23-19)17-7-10-25(11-8-17)12-16-4-5-16;3-2(4,5)1(6)7/h6,9,13-17H,4-5,7-8,10-12H2,1-3H3,(H,24,27);(H,6,7). The average molecular weight is 484 g/mol. The first-order valence-electron chi connectivity index (χ1n) is 11.6. The Hall–Kier alpha value is -2.69. The number of rotatable bonds is 6. The van der Waals surface area contributed by atoms with Crippen LogP contribution < -0.4 is 5.32 Å². The van der Waals surface area contributed by atoms with Crippen LogP contribution in [0, 0.1) is 11.8 Å². The molecule has 1 unspecified atom stereocenters. The molecule has 3 heterocycles. The number of hydrogen-bond donors (Lipinski definition) is 2. The molecule has 1 aliphatic carbocycles. The summed E-state index contributed by atoms with van der Waals surface area (Å²) >= 11 is 0. The number of hydrogen-bond acceptors (Lipinski definition) is 5. The summed E-state index contributed by atoms with van der Waals surface area (Å²) in [7, 11) is 0. The Kier molecular flexibility index (Phi) is 8.17. The number of alkyl halides is 3. The normalized spacial score (nSPS) is 18.4. The monoisotopic (exact) mass is 483 g/mol. The fourth-order valence-corrected chi connectivity index (χ4v) is 3.93. The first-order valence-corrected chi connectivity index (χ1v) is 11.6. The van der Waals surface area contributed by atoms with E-state index in [4.69, 9.17) is 9.90 Å². The molecule has 4 rings (SSSR count). The van der Waals surface area contributed by atoms with Crippen molar-refractivity contribution in [2.45, 2.75) is 64.6 Å². The SMILES string of the molecule is CC(C)C(C)NC(=O)c1ncn2c(C3CCN(CC4CC4)CC3)ccnc12.O=C(O)C(F)(F)F. The largest absolute Gasteiger partial charge is 0.490 e. The lowest BCUT2D eigenvalue weighted by Gasteiger charge is -2.32. The van der Waals surface area contributed by atoms with Crippen molar-refractivity contribution in [1.29, 1.82) is 0 Å². The zero-order valence-electron chi connectivity index (χ0n) is 19.7. The summed E-state index contributed by atoms with van der Waals surface area (Å²) in [5.74, 6) is -1.05. The number of aromatic nitrogens is 3. The van der Waals surface area contributed by atoms with Gasteiger partial charge in [-0.2, -0.15) is 13.2 Å².